The molecule has 0 saturated carbocycles. The second-order valence-electron chi connectivity index (χ2n) is 5.01. The molecule has 4 nitrogen and oxygen atoms in total. The Labute approximate surface area is 139 Å². The molecule has 2 rings (SSSR count). The maximum Gasteiger partial charge on any atom is 0.244 e. The van der Waals surface area contributed by atoms with Gasteiger partial charge in [-0.25, -0.2) is 8.42 Å². The highest BCUT2D eigenvalue weighted by molar-refractivity contribution is 9.10. The van der Waals surface area contributed by atoms with Gasteiger partial charge < -0.3 is 0 Å². The lowest BCUT2D eigenvalue weighted by Gasteiger charge is -2.18. The van der Waals surface area contributed by atoms with Gasteiger partial charge in [0.1, 0.15) is 0 Å². The number of hydrogen-bond donors (Lipinski definition) is 0. The average molecular weight is 379 g/mol. The molecule has 6 heteroatoms. The molecule has 0 fully saturated rings. The van der Waals surface area contributed by atoms with Gasteiger partial charge in [0.2, 0.25) is 10.0 Å². The molecule has 0 bridgehead atoms. The molecule has 0 saturated heterocycles. The van der Waals surface area contributed by atoms with Crippen LogP contribution in [0.15, 0.2) is 51.8 Å². The van der Waals surface area contributed by atoms with E-state index < -0.39 is 10.0 Å². The van der Waals surface area contributed by atoms with Gasteiger partial charge in [-0.05, 0) is 58.2 Å². The summed E-state index contributed by atoms with van der Waals surface area (Å²) in [5, 5.41) is 8.91. The largest absolute Gasteiger partial charge is 0.244 e. The van der Waals surface area contributed by atoms with Crippen molar-refractivity contribution in [3.8, 4) is 6.07 Å². The molecule has 0 spiro atoms. The third-order valence-corrected chi connectivity index (χ3v) is 6.02. The molecule has 2 aromatic carbocycles. The van der Waals surface area contributed by atoms with Crippen LogP contribution in [0.5, 0.6) is 0 Å². The zero-order valence-electron chi connectivity index (χ0n) is 12.2. The van der Waals surface area contributed by atoms with E-state index in [-0.39, 0.29) is 11.4 Å². The lowest BCUT2D eigenvalue weighted by atomic mass is 10.1. The monoisotopic (exact) mass is 378 g/mol. The zero-order valence-corrected chi connectivity index (χ0v) is 14.6. The number of aryl methyl sites for hydroxylation is 1. The van der Waals surface area contributed by atoms with Crippen LogP contribution in [-0.4, -0.2) is 19.8 Å². The van der Waals surface area contributed by atoms with E-state index >= 15 is 0 Å². The van der Waals surface area contributed by atoms with Crippen LogP contribution in [0.4, 0.5) is 0 Å². The Morgan fingerprint density at radius 1 is 1.23 bits per heavy atom. The van der Waals surface area contributed by atoms with Gasteiger partial charge in [-0.15, -0.1) is 0 Å². The molecule has 2 aromatic rings. The number of rotatable bonds is 4. The molecule has 0 radical (unpaired) electrons. The van der Waals surface area contributed by atoms with Crippen molar-refractivity contribution in [2.75, 3.05) is 7.05 Å². The van der Waals surface area contributed by atoms with E-state index in [1.54, 1.807) is 42.5 Å². The van der Waals surface area contributed by atoms with Crippen LogP contribution in [0.2, 0.25) is 0 Å². The van der Waals surface area contributed by atoms with Gasteiger partial charge in [-0.1, -0.05) is 18.2 Å². The fourth-order valence-corrected chi connectivity index (χ4v) is 4.37. The van der Waals surface area contributed by atoms with Crippen molar-refractivity contribution in [3.05, 3.63) is 63.6 Å². The average Bonchev–Trinajstić information content (AvgIpc) is 2.47. The summed E-state index contributed by atoms with van der Waals surface area (Å²) in [4.78, 5) is 0.233. The highest BCUT2D eigenvalue weighted by atomic mass is 79.9. The minimum absolute atomic E-state index is 0.207. The van der Waals surface area contributed by atoms with Crippen LogP contribution in [-0.2, 0) is 16.6 Å². The van der Waals surface area contributed by atoms with Crippen LogP contribution >= 0.6 is 15.9 Å². The second kappa shape index (κ2) is 6.61. The molecule has 0 N–H and O–H groups in total. The van der Waals surface area contributed by atoms with Crippen LogP contribution in [0, 0.1) is 18.3 Å². The maximum atomic E-state index is 12.7. The van der Waals surface area contributed by atoms with Gasteiger partial charge in [0.05, 0.1) is 16.5 Å². The summed E-state index contributed by atoms with van der Waals surface area (Å²) in [5.74, 6) is 0. The lowest BCUT2D eigenvalue weighted by Crippen LogP contribution is -2.26. The summed E-state index contributed by atoms with van der Waals surface area (Å²) in [6.45, 7) is 2.11. The molecule has 0 atom stereocenters. The molecule has 0 aromatic heterocycles. The Kier molecular flexibility index (Phi) is 5.01. The molecule has 0 unspecified atom stereocenters. The number of halogens is 1. The van der Waals surface area contributed by atoms with E-state index in [0.29, 0.717) is 10.0 Å². The summed E-state index contributed by atoms with van der Waals surface area (Å²) in [7, 11) is -2.07. The lowest BCUT2D eigenvalue weighted by molar-refractivity contribution is 0.466. The summed E-state index contributed by atoms with van der Waals surface area (Å²) in [6, 6.07) is 14.1. The topological polar surface area (TPSA) is 61.2 Å². The van der Waals surface area contributed by atoms with Crippen molar-refractivity contribution in [2.24, 2.45) is 0 Å². The molecule has 114 valence electrons. The van der Waals surface area contributed by atoms with E-state index in [1.165, 1.54) is 11.4 Å². The first-order valence-electron chi connectivity index (χ1n) is 6.56. The first-order chi connectivity index (χ1) is 10.3. The van der Waals surface area contributed by atoms with Crippen molar-refractivity contribution >= 4 is 26.0 Å². The summed E-state index contributed by atoms with van der Waals surface area (Å²) < 4.78 is 27.1. The van der Waals surface area contributed by atoms with Crippen molar-refractivity contribution in [1.82, 2.24) is 4.31 Å². The number of nitrogens with zero attached hydrogens (tertiary/aromatic N) is 2. The molecule has 0 aliphatic carbocycles. The van der Waals surface area contributed by atoms with Crippen molar-refractivity contribution < 1.29 is 8.42 Å². The van der Waals surface area contributed by atoms with E-state index in [9.17, 15) is 8.42 Å². The van der Waals surface area contributed by atoms with Gasteiger partial charge >= 0.3 is 0 Å². The zero-order chi connectivity index (χ0) is 16.3. The normalized spacial score (nSPS) is 11.4. The highest BCUT2D eigenvalue weighted by Gasteiger charge is 2.23. The molecular weight excluding hydrogens is 364 g/mol. The van der Waals surface area contributed by atoms with Crippen LogP contribution in [0.3, 0.4) is 0 Å². The Bertz CT molecular complexity index is 841. The fourth-order valence-electron chi connectivity index (χ4n) is 2.06. The minimum Gasteiger partial charge on any atom is -0.207 e. The van der Waals surface area contributed by atoms with Crippen LogP contribution in [0.25, 0.3) is 0 Å². The summed E-state index contributed by atoms with van der Waals surface area (Å²) >= 11 is 3.31. The molecule has 0 heterocycles. The summed E-state index contributed by atoms with van der Waals surface area (Å²) in [6.07, 6.45) is 0. The molecule has 0 aliphatic heterocycles. The van der Waals surface area contributed by atoms with Crippen molar-refractivity contribution in [2.45, 2.75) is 18.4 Å². The number of benzene rings is 2. The Balaban J connectivity index is 2.31. The van der Waals surface area contributed by atoms with E-state index in [2.05, 4.69) is 22.0 Å². The second-order valence-corrected chi connectivity index (χ2v) is 7.87. The quantitative estimate of drug-likeness (QED) is 0.818. The number of nitriles is 1. The third kappa shape index (κ3) is 3.55. The standard InChI is InChI=1S/C16H15BrN2O2S/c1-12-6-7-16(15(17)8-12)22(20,21)19(2)11-14-5-3-4-13(9-14)10-18/h3-9H,11H2,1-2H3. The Morgan fingerprint density at radius 3 is 2.59 bits per heavy atom. The van der Waals surface area contributed by atoms with Crippen molar-refractivity contribution in [3.63, 3.8) is 0 Å². The minimum atomic E-state index is -3.60. The Hall–Kier alpha value is -1.68. The molecule has 0 amide bonds. The van der Waals surface area contributed by atoms with Crippen LogP contribution in [0.1, 0.15) is 16.7 Å². The fraction of sp³-hybridized carbons (Fsp3) is 0.188. The summed E-state index contributed by atoms with van der Waals surface area (Å²) in [5.41, 5.74) is 2.27. The number of hydrogen-bond acceptors (Lipinski definition) is 3. The van der Waals surface area contributed by atoms with E-state index in [4.69, 9.17) is 5.26 Å². The Morgan fingerprint density at radius 2 is 1.95 bits per heavy atom. The van der Waals surface area contributed by atoms with Gasteiger partial charge in [-0.3, -0.25) is 0 Å². The molecule has 0 aliphatic rings. The van der Waals surface area contributed by atoms with Gasteiger partial charge in [0.15, 0.2) is 0 Å². The van der Waals surface area contributed by atoms with E-state index in [0.717, 1.165) is 11.1 Å². The maximum absolute atomic E-state index is 12.7. The molecular formula is C16H15BrN2O2S. The van der Waals surface area contributed by atoms with Crippen molar-refractivity contribution in [1.29, 1.82) is 5.26 Å². The van der Waals surface area contributed by atoms with Crippen LogP contribution < -0.4 is 0 Å². The molecule has 22 heavy (non-hydrogen) atoms. The predicted molar refractivity (Wildman–Crippen MR) is 88.7 cm³/mol. The van der Waals surface area contributed by atoms with Gasteiger partial charge in [-0.2, -0.15) is 9.57 Å². The van der Waals surface area contributed by atoms with Gasteiger partial charge in [0.25, 0.3) is 0 Å². The van der Waals surface area contributed by atoms with Gasteiger partial charge in [0, 0.05) is 18.1 Å². The number of sulfonamides is 1. The first-order valence-corrected chi connectivity index (χ1v) is 8.79. The SMILES string of the molecule is Cc1ccc(S(=O)(=O)N(C)Cc2cccc(C#N)c2)c(Br)c1. The van der Waals surface area contributed by atoms with E-state index in [1.807, 2.05) is 6.92 Å². The predicted octanol–water partition coefficient (Wildman–Crippen LogP) is 3.45. The smallest absolute Gasteiger partial charge is 0.207 e. The highest BCUT2D eigenvalue weighted by Crippen LogP contribution is 2.26. The third-order valence-electron chi connectivity index (χ3n) is 3.24. The first kappa shape index (κ1) is 16.7.